The molecule has 0 unspecified atom stereocenters. The van der Waals surface area contributed by atoms with Gasteiger partial charge in [0.1, 0.15) is 85.6 Å². The van der Waals surface area contributed by atoms with Crippen LogP contribution in [0.5, 0.6) is 0 Å². The van der Waals surface area contributed by atoms with E-state index in [4.69, 9.17) is 57.3 Å². The number of carboxylic acid groups (broad SMARTS) is 2. The highest BCUT2D eigenvalue weighted by Crippen LogP contribution is 2.11. The van der Waals surface area contributed by atoms with Crippen LogP contribution >= 0.6 is 0 Å². The van der Waals surface area contributed by atoms with Crippen molar-refractivity contribution in [2.45, 2.75) is 209 Å². The number of aliphatic hydroxyl groups excluding tert-OH is 4. The monoisotopic (exact) mass is 1380 g/mol. The van der Waals surface area contributed by atoms with Gasteiger partial charge in [-0.15, -0.1) is 0 Å². The number of carboxylic acids is 2. The van der Waals surface area contributed by atoms with Crippen LogP contribution in [0.2, 0.25) is 0 Å². The molecule has 0 saturated heterocycles. The third kappa shape index (κ3) is 37.1. The molecule has 0 bridgehead atoms. The van der Waals surface area contributed by atoms with Gasteiger partial charge in [0.2, 0.25) is 65.0 Å². The number of primary amides is 1. The van der Waals surface area contributed by atoms with Gasteiger partial charge < -0.3 is 141 Å². The fourth-order valence-electron chi connectivity index (χ4n) is 8.71. The first kappa shape index (κ1) is 88.4. The van der Waals surface area contributed by atoms with Crippen molar-refractivity contribution in [3.63, 3.8) is 0 Å². The SMILES string of the molecule is CC(C)[C@H](NC(=O)[C@H](CCC(N)=O)NC(=O)[C@@H](NC(=O)[C@H](CCC(=O)O)NC(=O)[C@H](CCCNC(N)N)NC(=O)[C@H](CCCNC(N)N)NC(=O)[C@@H](NC(=O)[C@H](CCCNC(N)N)NC(=O)[C@H](CO)NC(=O)[C@H](CO)NC(=O)[C@@H](N)CCCNC(N)N)[C@@H](C)O)[C@@H](C)O)C(=O)O. The van der Waals surface area contributed by atoms with E-state index in [2.05, 4.69) is 74.4 Å². The molecule has 0 fully saturated rings. The van der Waals surface area contributed by atoms with Gasteiger partial charge in [0.15, 0.2) is 0 Å². The molecule has 11 amide bonds. The zero-order valence-electron chi connectivity index (χ0n) is 54.4. The predicted octanol–water partition coefficient (Wildman–Crippen LogP) is -14.9. The molecule has 0 aliphatic heterocycles. The number of carbonyl (C=O) groups is 13. The van der Waals surface area contributed by atoms with Gasteiger partial charge in [0, 0.05) is 12.8 Å². The number of nitrogens with one attached hydrogen (secondary N) is 14. The lowest BCUT2D eigenvalue weighted by molar-refractivity contribution is -0.144. The van der Waals surface area contributed by atoms with Gasteiger partial charge in [-0.1, -0.05) is 13.8 Å². The lowest BCUT2D eigenvalue weighted by Crippen LogP contribution is -2.62. The Bertz CT molecular complexity index is 2490. The van der Waals surface area contributed by atoms with E-state index in [1.165, 1.54) is 13.8 Å². The molecule has 0 aromatic heterocycles. The Hall–Kier alpha value is -7.57. The highest BCUT2D eigenvalue weighted by atomic mass is 16.4. The second-order valence-electron chi connectivity index (χ2n) is 22.8. The quantitative estimate of drug-likeness (QED) is 0.0199. The summed E-state index contributed by atoms with van der Waals surface area (Å²) in [5.41, 5.74) is 55.8. The van der Waals surface area contributed by atoms with Crippen LogP contribution in [0.3, 0.4) is 0 Å². The van der Waals surface area contributed by atoms with E-state index < -0.39 is 226 Å². The molecule has 0 spiro atoms. The Morgan fingerprint density at radius 2 is 0.594 bits per heavy atom. The molecule has 0 heterocycles. The molecule has 0 radical (unpaired) electrons. The van der Waals surface area contributed by atoms with Gasteiger partial charge in [0.25, 0.3) is 0 Å². The molecular weight excluding hydrogens is 1280 g/mol. The van der Waals surface area contributed by atoms with E-state index in [9.17, 15) is 93.0 Å². The van der Waals surface area contributed by atoms with Crippen molar-refractivity contribution in [1.82, 2.24) is 74.4 Å². The molecule has 13 atom stereocenters. The van der Waals surface area contributed by atoms with Gasteiger partial charge in [-0.25, -0.2) is 4.79 Å². The van der Waals surface area contributed by atoms with Crippen molar-refractivity contribution in [2.24, 2.45) is 63.3 Å². The third-order valence-corrected chi connectivity index (χ3v) is 14.0. The van der Waals surface area contributed by atoms with Crippen LogP contribution in [0.25, 0.3) is 0 Å². The number of amides is 11. The number of carbonyl (C=O) groups excluding carboxylic acids is 11. The van der Waals surface area contributed by atoms with Gasteiger partial charge >= 0.3 is 11.9 Å². The van der Waals surface area contributed by atoms with Crippen LogP contribution in [-0.4, -0.2) is 251 Å². The largest absolute Gasteiger partial charge is 0.481 e. The summed E-state index contributed by atoms with van der Waals surface area (Å²) in [6, 6.07) is -18.7. The van der Waals surface area contributed by atoms with Crippen molar-refractivity contribution < 1.29 is 93.0 Å². The second-order valence-corrected chi connectivity index (χ2v) is 22.8. The number of hydrogen-bond acceptors (Lipinski definition) is 30. The van der Waals surface area contributed by atoms with Crippen molar-refractivity contribution in [3.05, 3.63) is 0 Å². The lowest BCUT2D eigenvalue weighted by Gasteiger charge is -2.29. The van der Waals surface area contributed by atoms with Crippen LogP contribution in [0.4, 0.5) is 0 Å². The summed E-state index contributed by atoms with van der Waals surface area (Å²) in [6.07, 6.45) is -10.5. The zero-order valence-corrected chi connectivity index (χ0v) is 54.4. The fourth-order valence-corrected chi connectivity index (χ4v) is 8.71. The summed E-state index contributed by atoms with van der Waals surface area (Å²) in [6.45, 7) is 3.29. The van der Waals surface area contributed by atoms with Crippen molar-refractivity contribution >= 4 is 76.9 Å². The molecule has 96 heavy (non-hydrogen) atoms. The fraction of sp³-hybridized carbons (Fsp3) is 0.755. The Morgan fingerprint density at radius 1 is 0.333 bits per heavy atom. The van der Waals surface area contributed by atoms with E-state index in [1.54, 1.807) is 0 Å². The Labute approximate surface area is 554 Å². The summed E-state index contributed by atoms with van der Waals surface area (Å²) in [5, 5.41) is 95.1. The molecule has 43 heteroatoms. The van der Waals surface area contributed by atoms with Crippen molar-refractivity contribution in [1.29, 1.82) is 0 Å². The smallest absolute Gasteiger partial charge is 0.326 e. The number of aliphatic hydroxyl groups is 4. The van der Waals surface area contributed by atoms with Crippen LogP contribution in [0, 0.1) is 5.92 Å². The highest BCUT2D eigenvalue weighted by molar-refractivity contribution is 5.99. The van der Waals surface area contributed by atoms with E-state index in [1.807, 2.05) is 0 Å². The molecule has 0 aromatic rings. The molecule has 0 aromatic carbocycles. The third-order valence-electron chi connectivity index (χ3n) is 14.0. The topological polar surface area (TPSA) is 772 Å². The molecule has 552 valence electrons. The maximum atomic E-state index is 14.5. The minimum absolute atomic E-state index is 0.00120. The normalized spacial score (nSPS) is 15.6. The van der Waals surface area contributed by atoms with Gasteiger partial charge in [-0.05, 0) is 110 Å². The number of rotatable bonds is 52. The first-order valence-corrected chi connectivity index (χ1v) is 31.0. The highest BCUT2D eigenvalue weighted by Gasteiger charge is 2.38. The molecule has 0 aliphatic rings. The standard InChI is InChI=1S/C53H106N24O19/c1-23(2)36(49(95)96)75-43(89)30(13-15-34(55)82)72-48(94)38(25(4)81)77-44(90)31(14-16-35(83)84)70-40(86)27(10-6-18-65-51(58)59)68-41(87)28(11-7-19-66-52(60)61)71-47(93)37(24(3)80)76-42(88)29(12-8-20-67-53(62)63)69-45(91)33(22-79)74-46(92)32(21-78)73-39(85)26(54)9-5-17-64-50(56)57/h23-33,36-38,50-53,64-67,78-81H,5-22,54,56-63H2,1-4H3,(H2,55,82)(H,68,87)(H,69,91)(H,70,86)(H,71,93)(H,72,94)(H,73,85)(H,74,92)(H,75,89)(H,76,88)(H,77,90)(H,83,84)(H,95,96)/t24-,25-,26+,27+,28+,29+,30+,31+,32+,33+,36+,37+,38+/m1/s1. The summed E-state index contributed by atoms with van der Waals surface area (Å²) < 4.78 is 0. The average Bonchev–Trinajstić information content (AvgIpc) is 0.890. The Morgan fingerprint density at radius 3 is 0.875 bits per heavy atom. The van der Waals surface area contributed by atoms with Crippen LogP contribution in [0.1, 0.15) is 105 Å². The molecule has 0 rings (SSSR count). The van der Waals surface area contributed by atoms with Crippen molar-refractivity contribution in [2.75, 3.05) is 39.4 Å². The Kier molecular flexibility index (Phi) is 43.6. The summed E-state index contributed by atoms with van der Waals surface area (Å²) >= 11 is 0. The zero-order chi connectivity index (χ0) is 73.5. The second kappa shape index (κ2) is 47.4. The maximum Gasteiger partial charge on any atom is 0.326 e. The van der Waals surface area contributed by atoms with E-state index in [-0.39, 0.29) is 71.1 Å². The van der Waals surface area contributed by atoms with E-state index in [0.717, 1.165) is 13.8 Å². The molecular formula is C53H106N24O19. The lowest BCUT2D eigenvalue weighted by atomic mass is 10.0. The summed E-state index contributed by atoms with van der Waals surface area (Å²) in [4.78, 5) is 174. The first-order valence-electron chi connectivity index (χ1n) is 31.0. The van der Waals surface area contributed by atoms with Gasteiger partial charge in [0.05, 0.1) is 31.5 Å². The molecule has 43 nitrogen and oxygen atoms in total. The first-order chi connectivity index (χ1) is 44.9. The molecule has 0 aliphatic carbocycles. The summed E-state index contributed by atoms with van der Waals surface area (Å²) in [5.74, 6) is -16.0. The van der Waals surface area contributed by atoms with Gasteiger partial charge in [-0.3, -0.25) is 78.8 Å². The van der Waals surface area contributed by atoms with Gasteiger partial charge in [-0.2, -0.15) is 0 Å². The Balaban J connectivity index is 7.16. The maximum absolute atomic E-state index is 14.5. The molecule has 40 N–H and O–H groups in total. The van der Waals surface area contributed by atoms with E-state index in [0.29, 0.717) is 6.42 Å². The summed E-state index contributed by atoms with van der Waals surface area (Å²) in [7, 11) is 0. The number of nitrogens with two attached hydrogens (primary N) is 10. The molecule has 0 saturated carbocycles. The van der Waals surface area contributed by atoms with Crippen LogP contribution in [-0.2, 0) is 62.3 Å². The van der Waals surface area contributed by atoms with E-state index >= 15 is 0 Å². The van der Waals surface area contributed by atoms with Crippen molar-refractivity contribution in [3.8, 4) is 0 Å². The van der Waals surface area contributed by atoms with Crippen LogP contribution < -0.4 is 132 Å². The minimum atomic E-state index is -1.99. The predicted molar refractivity (Wildman–Crippen MR) is 340 cm³/mol. The number of aliphatic carboxylic acids is 2. The average molecular weight is 1380 g/mol. The van der Waals surface area contributed by atoms with Crippen LogP contribution in [0.15, 0.2) is 0 Å². The number of hydrogen-bond donors (Lipinski definition) is 30. The minimum Gasteiger partial charge on any atom is -0.481 e.